The summed E-state index contributed by atoms with van der Waals surface area (Å²) in [4.78, 5) is 16.0. The van der Waals surface area contributed by atoms with Crippen LogP contribution in [0.5, 0.6) is 0 Å². The van der Waals surface area contributed by atoms with Crippen molar-refractivity contribution in [3.63, 3.8) is 0 Å². The van der Waals surface area contributed by atoms with Crippen LogP contribution in [0.1, 0.15) is 32.1 Å². The first-order chi connectivity index (χ1) is 14.7. The highest BCUT2D eigenvalue weighted by Gasteiger charge is 2.19. The summed E-state index contributed by atoms with van der Waals surface area (Å²) in [6, 6.07) is 11.6. The van der Waals surface area contributed by atoms with Crippen molar-refractivity contribution in [3.05, 3.63) is 48.6 Å². The Bertz CT molecular complexity index is 930. The van der Waals surface area contributed by atoms with E-state index in [2.05, 4.69) is 39.5 Å². The van der Waals surface area contributed by atoms with Crippen LogP contribution in [0, 0.1) is 0 Å². The second-order valence-electron chi connectivity index (χ2n) is 7.62. The summed E-state index contributed by atoms with van der Waals surface area (Å²) in [6.45, 7) is 5.97. The van der Waals surface area contributed by atoms with Crippen LogP contribution in [0.2, 0.25) is 0 Å². The quantitative estimate of drug-likeness (QED) is 0.563. The molecule has 158 valence electrons. The van der Waals surface area contributed by atoms with Crippen molar-refractivity contribution < 1.29 is 18.5 Å². The smallest absolute Gasteiger partial charge is 0.283 e. The average molecular weight is 410 g/mol. The van der Waals surface area contributed by atoms with Crippen molar-refractivity contribution in [2.24, 2.45) is 0 Å². The molecule has 1 saturated heterocycles. The molecular weight excluding hydrogens is 382 g/mol. The number of hydrogen-bond acceptors (Lipinski definition) is 6. The first-order valence-corrected chi connectivity index (χ1v) is 10.6. The van der Waals surface area contributed by atoms with Gasteiger partial charge in [0, 0.05) is 24.5 Å². The number of hydrogen-bond donors (Lipinski definition) is 2. The van der Waals surface area contributed by atoms with Gasteiger partial charge in [-0.1, -0.05) is 6.92 Å². The number of benzene rings is 1. The number of carbonyl (C=O) groups excluding carboxylic acids is 1. The van der Waals surface area contributed by atoms with Crippen LogP contribution in [0.15, 0.2) is 51.5 Å². The maximum atomic E-state index is 12.6. The van der Waals surface area contributed by atoms with Crippen molar-refractivity contribution in [1.82, 2.24) is 10.2 Å². The molecule has 0 radical (unpaired) electrons. The van der Waals surface area contributed by atoms with Gasteiger partial charge in [0.1, 0.15) is 0 Å². The fourth-order valence-electron chi connectivity index (χ4n) is 3.79. The van der Waals surface area contributed by atoms with Gasteiger partial charge in [0.25, 0.3) is 17.7 Å². The van der Waals surface area contributed by atoms with Gasteiger partial charge in [-0.05, 0) is 55.7 Å². The number of nitrogens with zero attached hydrogens (tertiary/aromatic N) is 3. The molecule has 1 aromatic carbocycles. The van der Waals surface area contributed by atoms with Gasteiger partial charge >= 0.3 is 0 Å². The van der Waals surface area contributed by atoms with E-state index in [4.69, 9.17) is 8.83 Å². The molecule has 0 aliphatic carbocycles. The molecule has 8 nitrogen and oxygen atoms in total. The number of anilines is 2. The Morgan fingerprint density at radius 3 is 2.67 bits per heavy atom. The molecule has 1 unspecified atom stereocenters. The van der Waals surface area contributed by atoms with Crippen molar-refractivity contribution in [1.29, 1.82) is 0 Å². The topological polar surface area (TPSA) is 88.8 Å². The number of furan rings is 1. The molecule has 3 heterocycles. The van der Waals surface area contributed by atoms with E-state index in [0.29, 0.717) is 30.6 Å². The Kier molecular flexibility index (Phi) is 6.44. The lowest BCUT2D eigenvalue weighted by Gasteiger charge is -2.18. The van der Waals surface area contributed by atoms with E-state index in [1.165, 1.54) is 18.5 Å². The first-order valence-electron chi connectivity index (χ1n) is 10.6. The highest BCUT2D eigenvalue weighted by Crippen LogP contribution is 2.22. The summed E-state index contributed by atoms with van der Waals surface area (Å²) in [5.41, 5.74) is 2.03. The standard InChI is InChI=1S/C22H27N5O3/c1-2-11-26(16-21-24-25-22(30-21)19-6-5-14-29-19)15-20(28)23-17-7-9-18(10-8-17)27-12-3-4-13-27/h5-10,14H,2-4,11-13,15-16H2,1H3,(H,23,28)/p+1. The second-order valence-corrected chi connectivity index (χ2v) is 7.62. The maximum absolute atomic E-state index is 12.6. The zero-order valence-corrected chi connectivity index (χ0v) is 17.3. The molecule has 0 bridgehead atoms. The van der Waals surface area contributed by atoms with Crippen LogP contribution in [-0.2, 0) is 11.3 Å². The predicted molar refractivity (Wildman–Crippen MR) is 113 cm³/mol. The molecule has 2 N–H and O–H groups in total. The van der Waals surface area contributed by atoms with E-state index < -0.39 is 0 Å². The Morgan fingerprint density at radius 1 is 1.17 bits per heavy atom. The third-order valence-electron chi connectivity index (χ3n) is 5.24. The predicted octanol–water partition coefficient (Wildman–Crippen LogP) is 2.36. The minimum atomic E-state index is -0.0295. The fraction of sp³-hybridized carbons (Fsp3) is 0.409. The van der Waals surface area contributed by atoms with Gasteiger partial charge in [-0.2, -0.15) is 0 Å². The molecule has 0 spiro atoms. The SMILES string of the molecule is CCC[NH+](CC(=O)Nc1ccc(N2CCCC2)cc1)Cc1nnc(-c2ccco2)o1. The second kappa shape index (κ2) is 9.58. The summed E-state index contributed by atoms with van der Waals surface area (Å²) in [7, 11) is 0. The Hall–Kier alpha value is -3.13. The molecule has 3 aromatic rings. The Balaban J connectivity index is 1.32. The molecule has 4 rings (SSSR count). The van der Waals surface area contributed by atoms with Crippen molar-refractivity contribution in [2.45, 2.75) is 32.7 Å². The van der Waals surface area contributed by atoms with Gasteiger partial charge < -0.3 is 24.0 Å². The minimum Gasteiger partial charge on any atom is -0.459 e. The van der Waals surface area contributed by atoms with Gasteiger partial charge in [-0.15, -0.1) is 10.2 Å². The van der Waals surface area contributed by atoms with Gasteiger partial charge in [0.15, 0.2) is 18.8 Å². The van der Waals surface area contributed by atoms with Crippen LogP contribution >= 0.6 is 0 Å². The maximum Gasteiger partial charge on any atom is 0.283 e. The van der Waals surface area contributed by atoms with Gasteiger partial charge in [-0.3, -0.25) is 4.79 Å². The van der Waals surface area contributed by atoms with E-state index in [1.54, 1.807) is 18.4 Å². The van der Waals surface area contributed by atoms with E-state index in [-0.39, 0.29) is 5.91 Å². The summed E-state index contributed by atoms with van der Waals surface area (Å²) >= 11 is 0. The molecular formula is C22H28N5O3+. The highest BCUT2D eigenvalue weighted by atomic mass is 16.4. The summed E-state index contributed by atoms with van der Waals surface area (Å²) in [5, 5.41) is 11.1. The van der Waals surface area contributed by atoms with E-state index in [0.717, 1.165) is 36.6 Å². The molecule has 1 aliphatic heterocycles. The lowest BCUT2D eigenvalue weighted by atomic mass is 10.2. The molecule has 1 amide bonds. The van der Waals surface area contributed by atoms with Gasteiger partial charge in [0.2, 0.25) is 0 Å². The molecule has 1 fully saturated rings. The highest BCUT2D eigenvalue weighted by molar-refractivity contribution is 5.91. The Morgan fingerprint density at radius 2 is 1.97 bits per heavy atom. The number of aromatic nitrogens is 2. The Labute approximate surface area is 175 Å². The largest absolute Gasteiger partial charge is 0.459 e. The first kappa shape index (κ1) is 20.2. The molecule has 0 saturated carbocycles. The average Bonchev–Trinajstić information content (AvgIpc) is 3.51. The van der Waals surface area contributed by atoms with Crippen molar-refractivity contribution >= 4 is 17.3 Å². The van der Waals surface area contributed by atoms with Crippen molar-refractivity contribution in [2.75, 3.05) is 36.4 Å². The minimum absolute atomic E-state index is 0.0295. The molecule has 1 atom stereocenters. The van der Waals surface area contributed by atoms with E-state index in [1.807, 2.05) is 12.1 Å². The molecule has 2 aromatic heterocycles. The lowest BCUT2D eigenvalue weighted by Crippen LogP contribution is -3.11. The normalized spacial score (nSPS) is 14.8. The number of nitrogens with one attached hydrogen (secondary N) is 2. The molecule has 1 aliphatic rings. The van der Waals surface area contributed by atoms with Crippen LogP contribution < -0.4 is 15.1 Å². The summed E-state index contributed by atoms with van der Waals surface area (Å²) < 4.78 is 11.0. The van der Waals surface area contributed by atoms with Gasteiger partial charge in [0.05, 0.1) is 12.8 Å². The number of rotatable bonds is 9. The van der Waals surface area contributed by atoms with Crippen LogP contribution in [0.3, 0.4) is 0 Å². The third kappa shape index (κ3) is 5.07. The van der Waals surface area contributed by atoms with E-state index >= 15 is 0 Å². The third-order valence-corrected chi connectivity index (χ3v) is 5.24. The summed E-state index contributed by atoms with van der Waals surface area (Å²) in [6.07, 6.45) is 5.01. The zero-order valence-electron chi connectivity index (χ0n) is 17.3. The van der Waals surface area contributed by atoms with Crippen molar-refractivity contribution in [3.8, 4) is 11.7 Å². The fourth-order valence-corrected chi connectivity index (χ4v) is 3.79. The number of quaternary nitrogens is 1. The molecule has 30 heavy (non-hydrogen) atoms. The molecule has 8 heteroatoms. The summed E-state index contributed by atoms with van der Waals surface area (Å²) in [5.74, 6) is 1.36. The van der Waals surface area contributed by atoms with Gasteiger partial charge in [-0.25, -0.2) is 0 Å². The van der Waals surface area contributed by atoms with E-state index in [9.17, 15) is 4.79 Å². The number of carbonyl (C=O) groups is 1. The number of amides is 1. The van der Waals surface area contributed by atoms with Crippen LogP contribution in [-0.4, -0.2) is 42.3 Å². The zero-order chi connectivity index (χ0) is 20.8. The van der Waals surface area contributed by atoms with Crippen LogP contribution in [0.4, 0.5) is 11.4 Å². The van der Waals surface area contributed by atoms with Crippen LogP contribution in [0.25, 0.3) is 11.7 Å². The monoisotopic (exact) mass is 410 g/mol. The lowest BCUT2D eigenvalue weighted by molar-refractivity contribution is -0.907.